The van der Waals surface area contributed by atoms with Crippen LogP contribution in [-0.2, 0) is 20.7 Å². The number of hydrogen-bond acceptors (Lipinski definition) is 5. The van der Waals surface area contributed by atoms with Crippen molar-refractivity contribution in [3.05, 3.63) is 59.4 Å². The first-order chi connectivity index (χ1) is 17.5. The van der Waals surface area contributed by atoms with Crippen LogP contribution in [0.1, 0.15) is 51.2 Å². The van der Waals surface area contributed by atoms with Crippen molar-refractivity contribution in [1.82, 2.24) is 10.2 Å². The molecule has 1 heterocycles. The monoisotopic (exact) mass is 506 g/mol. The minimum atomic E-state index is -0.967. The number of nitriles is 1. The third kappa shape index (κ3) is 5.74. The second-order valence-electron chi connectivity index (χ2n) is 10.7. The van der Waals surface area contributed by atoms with Crippen molar-refractivity contribution >= 4 is 17.9 Å². The first-order valence-electron chi connectivity index (χ1n) is 12.4. The SMILES string of the molecule is CC(C)(C)OC(=O)N1[C@@H]2CC[C@@H](C2)[C@H]1C(=O)N[C@@H](Cc1ccc(-c2ccc(C#N)c(F)c2)cc1)C(N)=O. The molecule has 2 aromatic rings. The Morgan fingerprint density at radius 1 is 1.16 bits per heavy atom. The lowest BCUT2D eigenvalue weighted by Gasteiger charge is -2.36. The molecule has 2 aromatic carbocycles. The molecule has 0 spiro atoms. The van der Waals surface area contributed by atoms with Gasteiger partial charge in [0.1, 0.15) is 29.6 Å². The minimum absolute atomic E-state index is 0.0122. The van der Waals surface area contributed by atoms with Crippen LogP contribution >= 0.6 is 0 Å². The maximum Gasteiger partial charge on any atom is 0.411 e. The van der Waals surface area contributed by atoms with Gasteiger partial charge in [-0.2, -0.15) is 5.26 Å². The molecule has 4 rings (SSSR count). The van der Waals surface area contributed by atoms with E-state index in [0.29, 0.717) is 5.56 Å². The number of halogens is 1. The van der Waals surface area contributed by atoms with E-state index in [1.807, 2.05) is 0 Å². The van der Waals surface area contributed by atoms with Crippen molar-refractivity contribution < 1.29 is 23.5 Å². The fourth-order valence-electron chi connectivity index (χ4n) is 5.24. The molecule has 2 aliphatic rings. The average molecular weight is 507 g/mol. The number of amides is 3. The Bertz CT molecular complexity index is 1250. The molecule has 3 amide bonds. The number of hydrogen-bond donors (Lipinski definition) is 2. The van der Waals surface area contributed by atoms with E-state index in [-0.39, 0.29) is 23.9 Å². The molecule has 0 unspecified atom stereocenters. The van der Waals surface area contributed by atoms with E-state index in [4.69, 9.17) is 15.7 Å². The van der Waals surface area contributed by atoms with Gasteiger partial charge in [-0.3, -0.25) is 14.5 Å². The summed E-state index contributed by atoms with van der Waals surface area (Å²) >= 11 is 0. The molecule has 1 saturated carbocycles. The quantitative estimate of drug-likeness (QED) is 0.618. The normalized spacial score (nSPS) is 21.3. The van der Waals surface area contributed by atoms with Gasteiger partial charge in [-0.1, -0.05) is 30.3 Å². The Hall–Kier alpha value is -3.93. The Kier molecular flexibility index (Phi) is 7.21. The molecule has 2 fully saturated rings. The molecule has 9 heteroatoms. The van der Waals surface area contributed by atoms with Gasteiger partial charge in [0, 0.05) is 12.5 Å². The molecule has 1 aliphatic heterocycles. The van der Waals surface area contributed by atoms with Crippen molar-refractivity contribution in [1.29, 1.82) is 5.26 Å². The zero-order chi connectivity index (χ0) is 26.9. The van der Waals surface area contributed by atoms with Crippen molar-refractivity contribution in [2.24, 2.45) is 11.7 Å². The lowest BCUT2D eigenvalue weighted by atomic mass is 9.96. The third-order valence-electron chi connectivity index (χ3n) is 6.93. The van der Waals surface area contributed by atoms with E-state index in [1.165, 1.54) is 17.0 Å². The molecule has 1 aliphatic carbocycles. The zero-order valence-electron chi connectivity index (χ0n) is 21.2. The Morgan fingerprint density at radius 2 is 1.84 bits per heavy atom. The standard InChI is InChI=1S/C28H31FN4O4/c1-28(2,3)37-27(36)33-21-11-10-19(13-21)24(33)26(35)32-23(25(31)34)12-16-4-6-17(7-5-16)18-8-9-20(15-30)22(29)14-18/h4-9,14,19,21,23-24H,10-13H2,1-3H3,(H2,31,34)(H,32,35)/t19-,21+,23-,24-/m0/s1. The van der Waals surface area contributed by atoms with E-state index in [2.05, 4.69) is 5.32 Å². The van der Waals surface area contributed by atoms with E-state index in [9.17, 15) is 18.8 Å². The summed E-state index contributed by atoms with van der Waals surface area (Å²) in [5.74, 6) is -1.68. The summed E-state index contributed by atoms with van der Waals surface area (Å²) in [6, 6.07) is 11.6. The van der Waals surface area contributed by atoms with E-state index >= 15 is 0 Å². The molecular weight excluding hydrogens is 475 g/mol. The van der Waals surface area contributed by atoms with Crippen molar-refractivity contribution in [3.63, 3.8) is 0 Å². The molecule has 37 heavy (non-hydrogen) atoms. The lowest BCUT2D eigenvalue weighted by molar-refractivity contribution is -0.132. The van der Waals surface area contributed by atoms with Crippen LogP contribution in [0, 0.1) is 23.1 Å². The number of primary amides is 1. The first-order valence-corrected chi connectivity index (χ1v) is 12.4. The van der Waals surface area contributed by atoms with Gasteiger partial charge in [0.05, 0.1) is 5.56 Å². The van der Waals surface area contributed by atoms with Crippen molar-refractivity contribution in [2.45, 2.75) is 70.2 Å². The van der Waals surface area contributed by atoms with Crippen LogP contribution in [0.4, 0.5) is 9.18 Å². The number of likely N-dealkylation sites (tertiary alicyclic amines) is 1. The number of nitrogens with zero attached hydrogens (tertiary/aromatic N) is 2. The number of rotatable bonds is 6. The van der Waals surface area contributed by atoms with Crippen LogP contribution in [-0.4, -0.2) is 46.5 Å². The van der Waals surface area contributed by atoms with Gasteiger partial charge in [0.2, 0.25) is 11.8 Å². The zero-order valence-corrected chi connectivity index (χ0v) is 21.2. The Morgan fingerprint density at radius 3 is 2.43 bits per heavy atom. The summed E-state index contributed by atoms with van der Waals surface area (Å²) < 4.78 is 19.5. The highest BCUT2D eigenvalue weighted by molar-refractivity contribution is 5.91. The molecule has 4 atom stereocenters. The smallest absolute Gasteiger partial charge is 0.411 e. The fraction of sp³-hybridized carbons (Fsp3) is 0.429. The van der Waals surface area contributed by atoms with Crippen LogP contribution in [0.5, 0.6) is 0 Å². The number of nitrogens with one attached hydrogen (secondary N) is 1. The number of fused-ring (bicyclic) bond motifs is 2. The molecular formula is C28H31FN4O4. The molecule has 0 aromatic heterocycles. The van der Waals surface area contributed by atoms with Crippen molar-refractivity contribution in [3.8, 4) is 17.2 Å². The highest BCUT2D eigenvalue weighted by Gasteiger charge is 2.52. The molecule has 2 bridgehead atoms. The predicted molar refractivity (Wildman–Crippen MR) is 134 cm³/mol. The average Bonchev–Trinajstić information content (AvgIpc) is 3.45. The van der Waals surface area contributed by atoms with Gasteiger partial charge < -0.3 is 15.8 Å². The van der Waals surface area contributed by atoms with Gasteiger partial charge in [-0.05, 0) is 74.8 Å². The molecule has 1 saturated heterocycles. The second-order valence-corrected chi connectivity index (χ2v) is 10.7. The molecule has 0 radical (unpaired) electrons. The summed E-state index contributed by atoms with van der Waals surface area (Å²) in [5.41, 5.74) is 7.01. The number of benzene rings is 2. The van der Waals surface area contributed by atoms with Gasteiger partial charge in [-0.25, -0.2) is 9.18 Å². The van der Waals surface area contributed by atoms with Crippen molar-refractivity contribution in [2.75, 3.05) is 0 Å². The minimum Gasteiger partial charge on any atom is -0.444 e. The number of nitrogens with two attached hydrogens (primary N) is 1. The predicted octanol–water partition coefficient (Wildman–Crippen LogP) is 3.66. The van der Waals surface area contributed by atoms with Gasteiger partial charge in [0.15, 0.2) is 0 Å². The molecule has 3 N–H and O–H groups in total. The topological polar surface area (TPSA) is 126 Å². The van der Waals surface area contributed by atoms with Crippen LogP contribution in [0.2, 0.25) is 0 Å². The number of carbonyl (C=O) groups excluding carboxylic acids is 3. The first kappa shape index (κ1) is 26.1. The summed E-state index contributed by atoms with van der Waals surface area (Å²) in [6.45, 7) is 5.33. The highest BCUT2D eigenvalue weighted by Crippen LogP contribution is 2.43. The van der Waals surface area contributed by atoms with Crippen LogP contribution < -0.4 is 11.1 Å². The molecule has 8 nitrogen and oxygen atoms in total. The second kappa shape index (κ2) is 10.2. The third-order valence-corrected chi connectivity index (χ3v) is 6.93. The van der Waals surface area contributed by atoms with Crippen LogP contribution in [0.15, 0.2) is 42.5 Å². The van der Waals surface area contributed by atoms with E-state index in [0.717, 1.165) is 30.4 Å². The summed E-state index contributed by atoms with van der Waals surface area (Å²) in [5, 5.41) is 11.7. The van der Waals surface area contributed by atoms with E-state index < -0.39 is 41.4 Å². The summed E-state index contributed by atoms with van der Waals surface area (Å²) in [6.07, 6.45) is 2.03. The maximum atomic E-state index is 14.0. The Balaban J connectivity index is 1.46. The summed E-state index contributed by atoms with van der Waals surface area (Å²) in [7, 11) is 0. The number of piperidine rings is 1. The van der Waals surface area contributed by atoms with Gasteiger partial charge in [0.25, 0.3) is 0 Å². The Labute approximate surface area is 215 Å². The van der Waals surface area contributed by atoms with Crippen LogP contribution in [0.3, 0.4) is 0 Å². The highest BCUT2D eigenvalue weighted by atomic mass is 19.1. The largest absolute Gasteiger partial charge is 0.444 e. The number of ether oxygens (including phenoxy) is 1. The van der Waals surface area contributed by atoms with Crippen LogP contribution in [0.25, 0.3) is 11.1 Å². The van der Waals surface area contributed by atoms with Gasteiger partial charge >= 0.3 is 6.09 Å². The maximum absolute atomic E-state index is 14.0. The van der Waals surface area contributed by atoms with Gasteiger partial charge in [-0.15, -0.1) is 0 Å². The number of carbonyl (C=O) groups is 3. The fourth-order valence-corrected chi connectivity index (χ4v) is 5.24. The van der Waals surface area contributed by atoms with E-state index in [1.54, 1.807) is 57.2 Å². The summed E-state index contributed by atoms with van der Waals surface area (Å²) in [4.78, 5) is 40.0. The molecule has 194 valence electrons. The lowest BCUT2D eigenvalue weighted by Crippen LogP contribution is -2.57.